The van der Waals surface area contributed by atoms with Crippen LogP contribution in [0.5, 0.6) is 5.75 Å². The summed E-state index contributed by atoms with van der Waals surface area (Å²) < 4.78 is 10.8. The molecule has 0 fully saturated rings. The van der Waals surface area contributed by atoms with Crippen LogP contribution in [0.2, 0.25) is 20.1 Å². The molecule has 0 saturated heterocycles. The first kappa shape index (κ1) is 16.7. The van der Waals surface area contributed by atoms with Gasteiger partial charge in [0.25, 0.3) is 0 Å². The molecule has 7 heteroatoms. The van der Waals surface area contributed by atoms with Crippen LogP contribution >= 0.6 is 46.4 Å². The van der Waals surface area contributed by atoms with E-state index in [-0.39, 0.29) is 25.8 Å². The molecule has 0 aliphatic carbocycles. The topological polar surface area (TPSA) is 35.5 Å². The summed E-state index contributed by atoms with van der Waals surface area (Å²) in [7, 11) is 1.30. The number of hydrogen-bond acceptors (Lipinski definition) is 3. The molecule has 23 heavy (non-hydrogen) atoms. The molecule has 0 unspecified atom stereocenters. The number of carbonyl (C=O) groups is 1. The highest BCUT2D eigenvalue weighted by atomic mass is 35.5. The van der Waals surface area contributed by atoms with Gasteiger partial charge < -0.3 is 9.47 Å². The Morgan fingerprint density at radius 3 is 2.22 bits per heavy atom. The summed E-state index contributed by atoms with van der Waals surface area (Å²) in [6.45, 7) is 0. The second-order valence-electron chi connectivity index (χ2n) is 4.95. The molecule has 3 nitrogen and oxygen atoms in total. The molecular formula is C16H10Cl4O3. The van der Waals surface area contributed by atoms with Crippen molar-refractivity contribution in [3.63, 3.8) is 0 Å². The normalized spacial score (nSPS) is 19.2. The Morgan fingerprint density at radius 2 is 1.61 bits per heavy atom. The summed E-state index contributed by atoms with van der Waals surface area (Å²) in [5, 5.41) is 0.450. The lowest BCUT2D eigenvalue weighted by molar-refractivity contribution is -0.144. The minimum Gasteiger partial charge on any atom is -0.482 e. The molecule has 0 N–H and O–H groups in total. The van der Waals surface area contributed by atoms with Crippen LogP contribution in [0.15, 0.2) is 30.3 Å². The van der Waals surface area contributed by atoms with Crippen molar-refractivity contribution in [1.29, 1.82) is 0 Å². The number of rotatable bonds is 2. The lowest BCUT2D eigenvalue weighted by Gasteiger charge is -2.17. The van der Waals surface area contributed by atoms with Crippen molar-refractivity contribution >= 4 is 52.4 Å². The average Bonchev–Trinajstić information content (AvgIpc) is 2.98. The largest absolute Gasteiger partial charge is 0.482 e. The molecule has 0 saturated carbocycles. The number of hydrogen-bond donors (Lipinski definition) is 0. The molecule has 1 aliphatic rings. The van der Waals surface area contributed by atoms with E-state index in [0.717, 1.165) is 5.56 Å². The van der Waals surface area contributed by atoms with Crippen LogP contribution in [0.4, 0.5) is 0 Å². The fourth-order valence-electron chi connectivity index (χ4n) is 2.64. The maximum Gasteiger partial charge on any atom is 0.317 e. The zero-order valence-corrected chi connectivity index (χ0v) is 14.8. The Bertz CT molecular complexity index is 777. The number of carbonyl (C=O) groups excluding carboxylic acids is 1. The molecule has 1 aliphatic heterocycles. The first-order chi connectivity index (χ1) is 11.0. The third kappa shape index (κ3) is 2.66. The monoisotopic (exact) mass is 390 g/mol. The zero-order valence-electron chi connectivity index (χ0n) is 11.8. The van der Waals surface area contributed by atoms with Gasteiger partial charge >= 0.3 is 5.97 Å². The minimum absolute atomic E-state index is 0.0864. The molecule has 2 aromatic carbocycles. The van der Waals surface area contributed by atoms with E-state index in [1.54, 1.807) is 0 Å². The van der Waals surface area contributed by atoms with E-state index < -0.39 is 18.0 Å². The van der Waals surface area contributed by atoms with E-state index in [0.29, 0.717) is 5.56 Å². The Hall–Kier alpha value is -1.13. The lowest BCUT2D eigenvalue weighted by atomic mass is 9.91. The summed E-state index contributed by atoms with van der Waals surface area (Å²) in [5.74, 6) is -1.01. The van der Waals surface area contributed by atoms with E-state index in [9.17, 15) is 4.79 Å². The fourth-order valence-corrected chi connectivity index (χ4v) is 3.65. The lowest BCUT2D eigenvalue weighted by Crippen LogP contribution is -2.20. The fraction of sp³-hybridized carbons (Fsp3) is 0.188. The van der Waals surface area contributed by atoms with Crippen LogP contribution in [0.1, 0.15) is 23.1 Å². The van der Waals surface area contributed by atoms with E-state index >= 15 is 0 Å². The molecule has 0 bridgehead atoms. The number of halogens is 4. The van der Waals surface area contributed by atoms with Gasteiger partial charge in [-0.1, -0.05) is 76.7 Å². The Balaban J connectivity index is 2.22. The molecule has 1 heterocycles. The van der Waals surface area contributed by atoms with Crippen molar-refractivity contribution < 1.29 is 14.3 Å². The molecule has 2 aromatic rings. The third-order valence-electron chi connectivity index (χ3n) is 3.70. The maximum atomic E-state index is 12.3. The maximum absolute atomic E-state index is 12.3. The van der Waals surface area contributed by atoms with Gasteiger partial charge in [0.05, 0.1) is 22.2 Å². The predicted octanol–water partition coefficient (Wildman–Crippen LogP) is 5.69. The molecule has 0 amide bonds. The summed E-state index contributed by atoms with van der Waals surface area (Å²) in [6.07, 6.45) is -0.622. The highest BCUT2D eigenvalue weighted by molar-refractivity contribution is 6.52. The van der Waals surface area contributed by atoms with Crippen LogP contribution in [-0.2, 0) is 9.53 Å². The Morgan fingerprint density at radius 1 is 1.00 bits per heavy atom. The zero-order chi connectivity index (χ0) is 16.7. The van der Waals surface area contributed by atoms with Gasteiger partial charge in [-0.05, 0) is 5.56 Å². The Labute approximate surface area is 153 Å². The molecule has 3 rings (SSSR count). The number of benzene rings is 2. The van der Waals surface area contributed by atoms with Crippen LogP contribution < -0.4 is 4.74 Å². The second-order valence-corrected chi connectivity index (χ2v) is 6.46. The van der Waals surface area contributed by atoms with Crippen molar-refractivity contribution in [2.75, 3.05) is 7.11 Å². The highest BCUT2D eigenvalue weighted by Gasteiger charge is 2.45. The molecule has 120 valence electrons. The van der Waals surface area contributed by atoms with Gasteiger partial charge in [-0.3, -0.25) is 4.79 Å². The van der Waals surface area contributed by atoms with Crippen molar-refractivity contribution in [2.24, 2.45) is 0 Å². The van der Waals surface area contributed by atoms with Crippen molar-refractivity contribution in [3.8, 4) is 5.75 Å². The van der Waals surface area contributed by atoms with Gasteiger partial charge in [0, 0.05) is 5.56 Å². The summed E-state index contributed by atoms with van der Waals surface area (Å²) >= 11 is 24.7. The van der Waals surface area contributed by atoms with Gasteiger partial charge in [0.15, 0.2) is 0 Å². The first-order valence-corrected chi connectivity index (χ1v) is 8.13. The number of methoxy groups -OCH3 is 1. The molecule has 0 spiro atoms. The van der Waals surface area contributed by atoms with Gasteiger partial charge in [0.2, 0.25) is 0 Å². The SMILES string of the molecule is COC(=O)[C@H]1c2c(Cl)c(Cl)c(Cl)c(Cl)c2O[C@@H]1c1ccccc1. The van der Waals surface area contributed by atoms with Crippen LogP contribution in [-0.4, -0.2) is 13.1 Å². The van der Waals surface area contributed by atoms with Gasteiger partial charge in [-0.2, -0.15) is 0 Å². The quantitative estimate of drug-likeness (QED) is 0.374. The second kappa shape index (κ2) is 6.40. The van der Waals surface area contributed by atoms with Gasteiger partial charge in [0.1, 0.15) is 22.8 Å². The van der Waals surface area contributed by atoms with Gasteiger partial charge in [-0.15, -0.1) is 0 Å². The van der Waals surface area contributed by atoms with Crippen LogP contribution in [0.3, 0.4) is 0 Å². The van der Waals surface area contributed by atoms with E-state index in [2.05, 4.69) is 0 Å². The van der Waals surface area contributed by atoms with Crippen LogP contribution in [0, 0.1) is 0 Å². The molecule has 0 radical (unpaired) electrons. The number of esters is 1. The predicted molar refractivity (Wildman–Crippen MR) is 91.1 cm³/mol. The average molecular weight is 392 g/mol. The van der Waals surface area contributed by atoms with Crippen LogP contribution in [0.25, 0.3) is 0 Å². The van der Waals surface area contributed by atoms with E-state index in [1.165, 1.54) is 7.11 Å². The van der Waals surface area contributed by atoms with E-state index in [1.807, 2.05) is 30.3 Å². The first-order valence-electron chi connectivity index (χ1n) is 6.62. The smallest absolute Gasteiger partial charge is 0.317 e. The van der Waals surface area contributed by atoms with Crippen molar-refractivity contribution in [1.82, 2.24) is 0 Å². The summed E-state index contributed by atoms with van der Waals surface area (Å²) in [5.41, 5.74) is 1.19. The molecule has 2 atom stereocenters. The molecular weight excluding hydrogens is 382 g/mol. The standard InChI is InChI=1S/C16H10Cl4O3/c1-22-16(21)9-8-10(17)11(18)12(19)13(20)15(8)23-14(9)7-5-3-2-4-6-7/h2-6,9,14H,1H3/t9-,14+/m0/s1. The number of ether oxygens (including phenoxy) is 2. The number of fused-ring (bicyclic) bond motifs is 1. The summed E-state index contributed by atoms with van der Waals surface area (Å²) in [6, 6.07) is 9.25. The van der Waals surface area contributed by atoms with Crippen molar-refractivity contribution in [3.05, 3.63) is 61.5 Å². The molecule has 0 aromatic heterocycles. The van der Waals surface area contributed by atoms with Gasteiger partial charge in [-0.25, -0.2) is 0 Å². The minimum atomic E-state index is -0.780. The highest BCUT2D eigenvalue weighted by Crippen LogP contribution is 2.56. The summed E-state index contributed by atoms with van der Waals surface area (Å²) in [4.78, 5) is 12.3. The van der Waals surface area contributed by atoms with Crippen molar-refractivity contribution in [2.45, 2.75) is 12.0 Å². The van der Waals surface area contributed by atoms with E-state index in [4.69, 9.17) is 55.9 Å². The third-order valence-corrected chi connectivity index (χ3v) is 5.50. The Kier molecular flexibility index (Phi) is 4.65.